The molecule has 3 N–H and O–H groups in total. The fourth-order valence-electron chi connectivity index (χ4n) is 1.50. The third-order valence-electron chi connectivity index (χ3n) is 2.85. The molecule has 0 saturated carbocycles. The second kappa shape index (κ2) is 7.98. The highest BCUT2D eigenvalue weighted by Crippen LogP contribution is 2.21. The fraction of sp³-hybridized carbons (Fsp3) is 0.583. The van der Waals surface area contributed by atoms with Crippen molar-refractivity contribution in [3.63, 3.8) is 0 Å². The van der Waals surface area contributed by atoms with Gasteiger partial charge in [-0.25, -0.2) is 4.98 Å². The standard InChI is InChI=1S/C12H20N6O3/c1-4-8(2)16-10(19)5-6-14-11-9(18(20)21)7-15-12(13-3)17-11/h7-8H,4-6H2,1-3H3,(H,16,19)(H2,13,14,15,17). The molecule has 1 rings (SSSR count). The molecule has 1 unspecified atom stereocenters. The van der Waals surface area contributed by atoms with Gasteiger partial charge in [0.05, 0.1) is 4.92 Å². The first-order valence-corrected chi connectivity index (χ1v) is 6.70. The van der Waals surface area contributed by atoms with E-state index in [1.54, 1.807) is 7.05 Å². The fourth-order valence-corrected chi connectivity index (χ4v) is 1.50. The van der Waals surface area contributed by atoms with Crippen LogP contribution in [0, 0.1) is 10.1 Å². The van der Waals surface area contributed by atoms with Crippen molar-refractivity contribution in [2.24, 2.45) is 0 Å². The van der Waals surface area contributed by atoms with Gasteiger partial charge in [0, 0.05) is 26.1 Å². The van der Waals surface area contributed by atoms with Crippen molar-refractivity contribution in [1.29, 1.82) is 0 Å². The van der Waals surface area contributed by atoms with Gasteiger partial charge in [0.1, 0.15) is 6.20 Å². The molecule has 0 aliphatic heterocycles. The van der Waals surface area contributed by atoms with Gasteiger partial charge in [0.25, 0.3) is 0 Å². The van der Waals surface area contributed by atoms with Crippen LogP contribution >= 0.6 is 0 Å². The van der Waals surface area contributed by atoms with E-state index in [9.17, 15) is 14.9 Å². The van der Waals surface area contributed by atoms with Crippen molar-refractivity contribution in [2.75, 3.05) is 24.2 Å². The molecule has 21 heavy (non-hydrogen) atoms. The van der Waals surface area contributed by atoms with Crippen LogP contribution in [0.2, 0.25) is 0 Å². The van der Waals surface area contributed by atoms with Crippen molar-refractivity contribution in [3.05, 3.63) is 16.3 Å². The van der Waals surface area contributed by atoms with Gasteiger partial charge < -0.3 is 16.0 Å². The summed E-state index contributed by atoms with van der Waals surface area (Å²) < 4.78 is 0. The lowest BCUT2D eigenvalue weighted by Crippen LogP contribution is -2.33. The van der Waals surface area contributed by atoms with Crippen LogP contribution in [0.3, 0.4) is 0 Å². The van der Waals surface area contributed by atoms with E-state index in [2.05, 4.69) is 25.9 Å². The number of carbonyl (C=O) groups is 1. The van der Waals surface area contributed by atoms with E-state index < -0.39 is 4.92 Å². The number of nitrogens with zero attached hydrogens (tertiary/aromatic N) is 3. The zero-order valence-corrected chi connectivity index (χ0v) is 12.3. The minimum atomic E-state index is -0.568. The van der Waals surface area contributed by atoms with Crippen LogP contribution in [0.15, 0.2) is 6.20 Å². The topological polar surface area (TPSA) is 122 Å². The zero-order chi connectivity index (χ0) is 15.8. The molecule has 0 aromatic carbocycles. The summed E-state index contributed by atoms with van der Waals surface area (Å²) in [6, 6.07) is 0.113. The predicted molar refractivity (Wildman–Crippen MR) is 79.2 cm³/mol. The lowest BCUT2D eigenvalue weighted by molar-refractivity contribution is -0.384. The molecule has 1 aromatic heterocycles. The van der Waals surface area contributed by atoms with Gasteiger partial charge in [-0.05, 0) is 13.3 Å². The highest BCUT2D eigenvalue weighted by molar-refractivity contribution is 5.76. The first kappa shape index (κ1) is 16.6. The molecular formula is C12H20N6O3. The van der Waals surface area contributed by atoms with Gasteiger partial charge >= 0.3 is 5.69 Å². The van der Waals surface area contributed by atoms with E-state index in [0.717, 1.165) is 12.6 Å². The van der Waals surface area contributed by atoms with Crippen LogP contribution < -0.4 is 16.0 Å². The first-order valence-electron chi connectivity index (χ1n) is 6.70. The summed E-state index contributed by atoms with van der Waals surface area (Å²) >= 11 is 0. The van der Waals surface area contributed by atoms with E-state index in [1.807, 2.05) is 13.8 Å². The second-order valence-electron chi connectivity index (χ2n) is 4.49. The quantitative estimate of drug-likeness (QED) is 0.485. The van der Waals surface area contributed by atoms with Crippen molar-refractivity contribution >= 4 is 23.4 Å². The summed E-state index contributed by atoms with van der Waals surface area (Å²) in [7, 11) is 1.62. The number of anilines is 2. The summed E-state index contributed by atoms with van der Waals surface area (Å²) in [6.07, 6.45) is 2.18. The maximum Gasteiger partial charge on any atom is 0.329 e. The van der Waals surface area contributed by atoms with Crippen LogP contribution in [0.1, 0.15) is 26.7 Å². The SMILES string of the molecule is CCC(C)NC(=O)CCNc1nc(NC)ncc1[N+](=O)[O-]. The Kier molecular flexibility index (Phi) is 6.31. The highest BCUT2D eigenvalue weighted by Gasteiger charge is 2.17. The summed E-state index contributed by atoms with van der Waals surface area (Å²) in [5, 5.41) is 19.2. The number of aromatic nitrogens is 2. The molecule has 1 amide bonds. The molecule has 9 nitrogen and oxygen atoms in total. The smallest absolute Gasteiger partial charge is 0.329 e. The molecule has 1 aromatic rings. The average Bonchev–Trinajstić information content (AvgIpc) is 2.46. The Morgan fingerprint density at radius 1 is 1.52 bits per heavy atom. The van der Waals surface area contributed by atoms with Gasteiger partial charge in [0.15, 0.2) is 0 Å². The van der Waals surface area contributed by atoms with Crippen LogP contribution in [0.5, 0.6) is 0 Å². The van der Waals surface area contributed by atoms with Gasteiger partial charge in [-0.3, -0.25) is 14.9 Å². The van der Waals surface area contributed by atoms with Gasteiger partial charge in [0.2, 0.25) is 17.7 Å². The molecule has 0 aliphatic carbocycles. The molecule has 0 aliphatic rings. The third kappa shape index (κ3) is 5.21. The van der Waals surface area contributed by atoms with Crippen molar-refractivity contribution < 1.29 is 9.72 Å². The first-order chi connectivity index (χ1) is 9.97. The molecule has 116 valence electrons. The van der Waals surface area contributed by atoms with Crippen LogP contribution in [0.25, 0.3) is 0 Å². The number of nitro groups is 1. The molecule has 0 saturated heterocycles. The Balaban J connectivity index is 2.61. The Bertz CT molecular complexity index is 508. The molecule has 9 heteroatoms. The largest absolute Gasteiger partial charge is 0.364 e. The van der Waals surface area contributed by atoms with Crippen molar-refractivity contribution in [3.8, 4) is 0 Å². The summed E-state index contributed by atoms with van der Waals surface area (Å²) in [5.74, 6) is 0.255. The van der Waals surface area contributed by atoms with E-state index in [1.165, 1.54) is 0 Å². The monoisotopic (exact) mass is 296 g/mol. The van der Waals surface area contributed by atoms with Gasteiger partial charge in [-0.2, -0.15) is 4.98 Å². The maximum atomic E-state index is 11.6. The van der Waals surface area contributed by atoms with Crippen molar-refractivity contribution in [1.82, 2.24) is 15.3 Å². The Morgan fingerprint density at radius 2 is 2.24 bits per heavy atom. The Hall–Kier alpha value is -2.45. The molecule has 1 atom stereocenters. The number of nitrogens with one attached hydrogen (secondary N) is 3. The third-order valence-corrected chi connectivity index (χ3v) is 2.85. The Labute approximate surface area is 122 Å². The lowest BCUT2D eigenvalue weighted by Gasteiger charge is -2.11. The van der Waals surface area contributed by atoms with E-state index in [0.29, 0.717) is 0 Å². The average molecular weight is 296 g/mol. The minimum absolute atomic E-state index is 0.0932. The van der Waals surface area contributed by atoms with Crippen LogP contribution in [0.4, 0.5) is 17.5 Å². The number of hydrogen-bond donors (Lipinski definition) is 3. The molecule has 0 fully saturated rings. The van der Waals surface area contributed by atoms with E-state index >= 15 is 0 Å². The summed E-state index contributed by atoms with van der Waals surface area (Å²) in [4.78, 5) is 29.7. The minimum Gasteiger partial charge on any atom is -0.364 e. The maximum absolute atomic E-state index is 11.6. The lowest BCUT2D eigenvalue weighted by atomic mass is 10.2. The number of amides is 1. The normalized spacial score (nSPS) is 11.6. The summed E-state index contributed by atoms with van der Waals surface area (Å²) in [6.45, 7) is 4.15. The Morgan fingerprint density at radius 3 is 2.81 bits per heavy atom. The zero-order valence-electron chi connectivity index (χ0n) is 12.3. The molecule has 0 spiro atoms. The molecule has 1 heterocycles. The van der Waals surface area contributed by atoms with Crippen LogP contribution in [-0.2, 0) is 4.79 Å². The molecule has 0 bridgehead atoms. The molecular weight excluding hydrogens is 276 g/mol. The van der Waals surface area contributed by atoms with Gasteiger partial charge in [-0.1, -0.05) is 6.92 Å². The highest BCUT2D eigenvalue weighted by atomic mass is 16.6. The summed E-state index contributed by atoms with van der Waals surface area (Å²) in [5.41, 5.74) is -0.226. The van der Waals surface area contributed by atoms with E-state index in [-0.39, 0.29) is 42.4 Å². The number of hydrogen-bond acceptors (Lipinski definition) is 7. The second-order valence-corrected chi connectivity index (χ2v) is 4.49. The van der Waals surface area contributed by atoms with Crippen molar-refractivity contribution in [2.45, 2.75) is 32.7 Å². The molecule has 0 radical (unpaired) electrons. The number of carbonyl (C=O) groups excluding carboxylic acids is 1. The number of rotatable bonds is 8. The predicted octanol–water partition coefficient (Wildman–Crippen LogP) is 1.14. The van der Waals surface area contributed by atoms with Gasteiger partial charge in [-0.15, -0.1) is 0 Å². The van der Waals surface area contributed by atoms with E-state index in [4.69, 9.17) is 0 Å². The van der Waals surface area contributed by atoms with Crippen LogP contribution in [-0.4, -0.2) is 40.4 Å².